The summed E-state index contributed by atoms with van der Waals surface area (Å²) in [5, 5.41) is 7.58. The van der Waals surface area contributed by atoms with E-state index in [-0.39, 0.29) is 5.82 Å². The molecule has 0 bridgehead atoms. The van der Waals surface area contributed by atoms with Gasteiger partial charge in [0.15, 0.2) is 0 Å². The summed E-state index contributed by atoms with van der Waals surface area (Å²) in [6.07, 6.45) is 3.35. The van der Waals surface area contributed by atoms with Crippen molar-refractivity contribution in [1.82, 2.24) is 9.78 Å². The van der Waals surface area contributed by atoms with Crippen LogP contribution in [0.2, 0.25) is 0 Å². The minimum absolute atomic E-state index is 0.307. The zero-order chi connectivity index (χ0) is 17.1. The third kappa shape index (κ3) is 3.38. The molecule has 1 heterocycles. The van der Waals surface area contributed by atoms with Gasteiger partial charge in [0.1, 0.15) is 11.5 Å². The van der Waals surface area contributed by atoms with Crippen molar-refractivity contribution in [3.8, 4) is 5.69 Å². The van der Waals surface area contributed by atoms with E-state index in [2.05, 4.69) is 10.4 Å². The van der Waals surface area contributed by atoms with Gasteiger partial charge in [0.2, 0.25) is 0 Å². The minimum Gasteiger partial charge on any atom is -0.378 e. The van der Waals surface area contributed by atoms with Crippen LogP contribution in [-0.4, -0.2) is 20.2 Å². The first kappa shape index (κ1) is 16.4. The molecule has 0 saturated heterocycles. The SMILES string of the molecule is Cc1c(NCc2ccc(S(C)=O)cc2)cnn1-c1ccccc1F. The largest absolute Gasteiger partial charge is 0.378 e. The van der Waals surface area contributed by atoms with Crippen LogP contribution in [0.4, 0.5) is 10.1 Å². The fourth-order valence-electron chi connectivity index (χ4n) is 2.45. The molecule has 24 heavy (non-hydrogen) atoms. The number of nitrogens with one attached hydrogen (secondary N) is 1. The van der Waals surface area contributed by atoms with Gasteiger partial charge < -0.3 is 5.32 Å². The van der Waals surface area contributed by atoms with E-state index in [0.717, 1.165) is 21.8 Å². The Morgan fingerprint density at radius 1 is 1.17 bits per heavy atom. The van der Waals surface area contributed by atoms with Gasteiger partial charge in [-0.3, -0.25) is 4.21 Å². The summed E-state index contributed by atoms with van der Waals surface area (Å²) in [5.74, 6) is -0.307. The van der Waals surface area contributed by atoms with Crippen LogP contribution in [0.5, 0.6) is 0 Å². The second-order valence-corrected chi connectivity index (χ2v) is 6.84. The molecular weight excluding hydrogens is 325 g/mol. The van der Waals surface area contributed by atoms with E-state index in [1.54, 1.807) is 35.3 Å². The number of nitrogens with zero attached hydrogens (tertiary/aromatic N) is 2. The highest BCUT2D eigenvalue weighted by molar-refractivity contribution is 7.84. The molecule has 1 atom stereocenters. The van der Waals surface area contributed by atoms with E-state index in [1.165, 1.54) is 6.07 Å². The van der Waals surface area contributed by atoms with Gasteiger partial charge in [0.05, 0.1) is 17.6 Å². The van der Waals surface area contributed by atoms with Gasteiger partial charge in [-0.05, 0) is 36.8 Å². The lowest BCUT2D eigenvalue weighted by molar-refractivity contribution is 0.608. The van der Waals surface area contributed by atoms with Gasteiger partial charge in [0, 0.05) is 28.5 Å². The molecule has 0 saturated carbocycles. The summed E-state index contributed by atoms with van der Waals surface area (Å²) in [4.78, 5) is 0.808. The Balaban J connectivity index is 1.75. The number of benzene rings is 2. The van der Waals surface area contributed by atoms with Crippen molar-refractivity contribution in [2.24, 2.45) is 0 Å². The molecule has 2 aromatic carbocycles. The molecule has 0 aliphatic rings. The predicted octanol–water partition coefficient (Wildman–Crippen LogP) is 3.67. The predicted molar refractivity (Wildman–Crippen MR) is 94.4 cm³/mol. The molecule has 6 heteroatoms. The number of para-hydroxylation sites is 1. The van der Waals surface area contributed by atoms with Crippen LogP contribution in [-0.2, 0) is 17.3 Å². The molecule has 3 aromatic rings. The van der Waals surface area contributed by atoms with Crippen LogP contribution < -0.4 is 5.32 Å². The first-order chi connectivity index (χ1) is 11.6. The van der Waals surface area contributed by atoms with Crippen molar-refractivity contribution in [2.45, 2.75) is 18.4 Å². The van der Waals surface area contributed by atoms with Crippen LogP contribution in [0.25, 0.3) is 5.69 Å². The van der Waals surface area contributed by atoms with Crippen LogP contribution in [0.15, 0.2) is 59.6 Å². The Morgan fingerprint density at radius 2 is 1.88 bits per heavy atom. The Hall–Kier alpha value is -2.47. The van der Waals surface area contributed by atoms with Crippen molar-refractivity contribution in [1.29, 1.82) is 0 Å². The maximum Gasteiger partial charge on any atom is 0.148 e. The van der Waals surface area contributed by atoms with E-state index < -0.39 is 10.8 Å². The average Bonchev–Trinajstić information content (AvgIpc) is 2.94. The summed E-state index contributed by atoms with van der Waals surface area (Å²) in [5.41, 5.74) is 3.19. The lowest BCUT2D eigenvalue weighted by atomic mass is 10.2. The van der Waals surface area contributed by atoms with Gasteiger partial charge in [-0.25, -0.2) is 9.07 Å². The molecule has 0 amide bonds. The van der Waals surface area contributed by atoms with E-state index >= 15 is 0 Å². The van der Waals surface area contributed by atoms with Crippen molar-refractivity contribution in [3.05, 3.63) is 71.8 Å². The van der Waals surface area contributed by atoms with Crippen molar-refractivity contribution in [3.63, 3.8) is 0 Å². The second-order valence-electron chi connectivity index (χ2n) is 5.46. The molecule has 1 aromatic heterocycles. The molecule has 1 unspecified atom stereocenters. The maximum atomic E-state index is 13.9. The van der Waals surface area contributed by atoms with Crippen LogP contribution in [0.1, 0.15) is 11.3 Å². The van der Waals surface area contributed by atoms with Gasteiger partial charge in [-0.15, -0.1) is 0 Å². The highest BCUT2D eigenvalue weighted by Gasteiger charge is 2.11. The normalized spacial score (nSPS) is 12.1. The first-order valence-electron chi connectivity index (χ1n) is 7.52. The molecule has 4 nitrogen and oxygen atoms in total. The lowest BCUT2D eigenvalue weighted by Crippen LogP contribution is -2.04. The van der Waals surface area contributed by atoms with E-state index in [4.69, 9.17) is 0 Å². The smallest absolute Gasteiger partial charge is 0.148 e. The minimum atomic E-state index is -0.970. The zero-order valence-electron chi connectivity index (χ0n) is 13.5. The zero-order valence-corrected chi connectivity index (χ0v) is 14.3. The standard InChI is InChI=1S/C18H18FN3OS/c1-13-17(12-21-22(13)18-6-4-3-5-16(18)19)20-11-14-7-9-15(10-8-14)24(2)23/h3-10,12,20H,11H2,1-2H3. The van der Waals surface area contributed by atoms with E-state index in [9.17, 15) is 8.60 Å². The third-order valence-electron chi connectivity index (χ3n) is 3.83. The van der Waals surface area contributed by atoms with Crippen molar-refractivity contribution >= 4 is 16.5 Å². The molecule has 0 aliphatic carbocycles. The second kappa shape index (κ2) is 6.97. The summed E-state index contributed by atoms with van der Waals surface area (Å²) in [6.45, 7) is 2.51. The Labute approximate surface area is 142 Å². The maximum absolute atomic E-state index is 13.9. The van der Waals surface area contributed by atoms with Crippen LogP contribution >= 0.6 is 0 Å². The van der Waals surface area contributed by atoms with Crippen LogP contribution in [0.3, 0.4) is 0 Å². The Morgan fingerprint density at radius 3 is 2.54 bits per heavy atom. The number of aromatic nitrogens is 2. The molecule has 0 radical (unpaired) electrons. The number of hydrogen-bond acceptors (Lipinski definition) is 3. The molecule has 0 aliphatic heterocycles. The number of anilines is 1. The quantitative estimate of drug-likeness (QED) is 0.769. The average molecular weight is 343 g/mol. The monoisotopic (exact) mass is 343 g/mol. The van der Waals surface area contributed by atoms with E-state index in [0.29, 0.717) is 12.2 Å². The van der Waals surface area contributed by atoms with Crippen LogP contribution in [0, 0.1) is 12.7 Å². The number of hydrogen-bond donors (Lipinski definition) is 1. The first-order valence-corrected chi connectivity index (χ1v) is 9.08. The Bertz CT molecular complexity index is 874. The molecule has 124 valence electrons. The molecular formula is C18H18FN3OS. The highest BCUT2D eigenvalue weighted by atomic mass is 32.2. The van der Waals surface area contributed by atoms with Gasteiger partial charge in [-0.1, -0.05) is 24.3 Å². The molecule has 0 spiro atoms. The summed E-state index contributed by atoms with van der Waals surface area (Å²) in [7, 11) is -0.970. The lowest BCUT2D eigenvalue weighted by Gasteiger charge is -2.08. The number of rotatable bonds is 5. The van der Waals surface area contributed by atoms with Crippen molar-refractivity contribution < 1.29 is 8.60 Å². The summed E-state index contributed by atoms with van der Waals surface area (Å²) >= 11 is 0. The van der Waals surface area contributed by atoms with Gasteiger partial charge in [-0.2, -0.15) is 5.10 Å². The summed E-state index contributed by atoms with van der Waals surface area (Å²) < 4.78 is 26.9. The van der Waals surface area contributed by atoms with Gasteiger partial charge in [0.25, 0.3) is 0 Å². The van der Waals surface area contributed by atoms with Gasteiger partial charge >= 0.3 is 0 Å². The fraction of sp³-hybridized carbons (Fsp3) is 0.167. The fourth-order valence-corrected chi connectivity index (χ4v) is 2.97. The third-order valence-corrected chi connectivity index (χ3v) is 4.76. The Kier molecular flexibility index (Phi) is 4.76. The molecule has 1 N–H and O–H groups in total. The molecule has 0 fully saturated rings. The molecule has 3 rings (SSSR count). The number of halogens is 1. The highest BCUT2D eigenvalue weighted by Crippen LogP contribution is 2.21. The summed E-state index contributed by atoms with van der Waals surface area (Å²) in [6, 6.07) is 14.2. The topological polar surface area (TPSA) is 46.9 Å². The van der Waals surface area contributed by atoms with E-state index in [1.807, 2.05) is 31.2 Å². The van der Waals surface area contributed by atoms with Crippen molar-refractivity contribution in [2.75, 3.05) is 11.6 Å².